The molecule has 1 fully saturated rings. The smallest absolute Gasteiger partial charge is 0.222 e. The van der Waals surface area contributed by atoms with Crippen LogP contribution in [0.1, 0.15) is 12.8 Å². The number of hydrogen-bond acceptors (Lipinski definition) is 6. The van der Waals surface area contributed by atoms with Crippen LogP contribution in [0.3, 0.4) is 0 Å². The number of hydrogen-bond donors (Lipinski definition) is 3. The van der Waals surface area contributed by atoms with Gasteiger partial charge in [-0.3, -0.25) is 0 Å². The van der Waals surface area contributed by atoms with Gasteiger partial charge in [-0.05, 0) is 37.1 Å². The third-order valence-corrected chi connectivity index (χ3v) is 3.98. The van der Waals surface area contributed by atoms with Crippen LogP contribution in [0.2, 0.25) is 5.02 Å². The molecule has 1 aliphatic rings. The normalized spacial score (nSPS) is 20.3. The monoisotopic (exact) mass is 320 g/mol. The predicted molar refractivity (Wildman–Crippen MR) is 85.2 cm³/mol. The highest BCUT2D eigenvalue weighted by Crippen LogP contribution is 2.31. The average Bonchev–Trinajstić information content (AvgIpc) is 2.50. The fourth-order valence-electron chi connectivity index (χ4n) is 2.23. The van der Waals surface area contributed by atoms with E-state index in [1.54, 1.807) is 24.3 Å². The van der Waals surface area contributed by atoms with Crippen molar-refractivity contribution in [3.63, 3.8) is 0 Å². The van der Waals surface area contributed by atoms with Crippen LogP contribution < -0.4 is 15.8 Å². The van der Waals surface area contributed by atoms with E-state index in [1.165, 1.54) is 6.20 Å². The molecule has 3 rings (SSSR count). The van der Waals surface area contributed by atoms with Gasteiger partial charge in [-0.2, -0.15) is 4.98 Å². The molecule has 0 spiro atoms. The van der Waals surface area contributed by atoms with Crippen molar-refractivity contribution in [3.05, 3.63) is 35.5 Å². The number of ether oxygens (including phenoxy) is 1. The lowest BCUT2D eigenvalue weighted by atomic mass is 9.82. The van der Waals surface area contributed by atoms with Crippen LogP contribution >= 0.6 is 11.6 Å². The molecule has 0 saturated heterocycles. The Morgan fingerprint density at radius 1 is 1.32 bits per heavy atom. The number of halogens is 1. The molecule has 0 aliphatic heterocycles. The number of nitrogens with zero attached hydrogens (tertiary/aromatic N) is 2. The quantitative estimate of drug-likeness (QED) is 0.784. The van der Waals surface area contributed by atoms with Crippen molar-refractivity contribution in [2.45, 2.75) is 18.9 Å². The van der Waals surface area contributed by atoms with Crippen LogP contribution in [0.25, 0.3) is 0 Å². The standard InChI is InChI=1S/C15H17ClN4O2/c16-10-2-4-11(5-3-10)22-13-8-19-15(17)20-14(13)18-7-9-1-6-12(9)21/h2-5,8-9,12,21H,1,6-7H2,(H3,17,18,19,20). The summed E-state index contributed by atoms with van der Waals surface area (Å²) >= 11 is 5.85. The minimum absolute atomic E-state index is 0.167. The molecule has 6 nitrogen and oxygen atoms in total. The van der Waals surface area contributed by atoms with Crippen LogP contribution in [0.15, 0.2) is 30.5 Å². The molecule has 22 heavy (non-hydrogen) atoms. The number of nitrogen functional groups attached to an aromatic ring is 1. The summed E-state index contributed by atoms with van der Waals surface area (Å²) in [4.78, 5) is 8.12. The van der Waals surface area contributed by atoms with E-state index in [9.17, 15) is 5.11 Å². The van der Waals surface area contributed by atoms with Crippen LogP contribution in [-0.4, -0.2) is 27.7 Å². The summed E-state index contributed by atoms with van der Waals surface area (Å²) in [5, 5.41) is 13.4. The van der Waals surface area contributed by atoms with E-state index in [0.29, 0.717) is 28.9 Å². The molecular formula is C15H17ClN4O2. The molecule has 7 heteroatoms. The molecule has 1 aromatic carbocycles. The van der Waals surface area contributed by atoms with Gasteiger partial charge in [0.1, 0.15) is 5.75 Å². The van der Waals surface area contributed by atoms with Crippen molar-refractivity contribution in [2.24, 2.45) is 5.92 Å². The predicted octanol–water partition coefficient (Wildman–Crippen LogP) is 2.69. The molecule has 1 heterocycles. The summed E-state index contributed by atoms with van der Waals surface area (Å²) < 4.78 is 5.77. The Balaban J connectivity index is 1.73. The van der Waals surface area contributed by atoms with E-state index in [2.05, 4.69) is 15.3 Å². The third-order valence-electron chi connectivity index (χ3n) is 3.72. The van der Waals surface area contributed by atoms with Crippen LogP contribution in [0.4, 0.5) is 11.8 Å². The van der Waals surface area contributed by atoms with Gasteiger partial charge in [0.05, 0.1) is 12.3 Å². The van der Waals surface area contributed by atoms with Gasteiger partial charge in [-0.15, -0.1) is 0 Å². The molecule has 1 saturated carbocycles. The van der Waals surface area contributed by atoms with E-state index >= 15 is 0 Å². The first-order valence-corrected chi connectivity index (χ1v) is 7.47. The number of nitrogens with one attached hydrogen (secondary N) is 1. The van der Waals surface area contributed by atoms with Gasteiger partial charge in [0, 0.05) is 17.5 Å². The Bertz CT molecular complexity index is 650. The number of aliphatic hydroxyl groups is 1. The molecule has 2 aromatic rings. The summed E-state index contributed by atoms with van der Waals surface area (Å²) in [6.07, 6.45) is 3.14. The number of benzene rings is 1. The maximum absolute atomic E-state index is 9.63. The average molecular weight is 321 g/mol. The van der Waals surface area contributed by atoms with Crippen molar-refractivity contribution in [1.82, 2.24) is 9.97 Å². The Kier molecular flexibility index (Phi) is 4.31. The number of aromatic nitrogens is 2. The van der Waals surface area contributed by atoms with E-state index < -0.39 is 0 Å². The van der Waals surface area contributed by atoms with Crippen molar-refractivity contribution in [2.75, 3.05) is 17.6 Å². The van der Waals surface area contributed by atoms with Crippen molar-refractivity contribution in [1.29, 1.82) is 0 Å². The Hall–Kier alpha value is -2.05. The lowest BCUT2D eigenvalue weighted by Gasteiger charge is -2.32. The highest BCUT2D eigenvalue weighted by Gasteiger charge is 2.28. The van der Waals surface area contributed by atoms with Gasteiger partial charge in [0.2, 0.25) is 5.95 Å². The number of rotatable bonds is 5. The maximum atomic E-state index is 9.63. The van der Waals surface area contributed by atoms with Crippen LogP contribution in [0.5, 0.6) is 11.5 Å². The SMILES string of the molecule is Nc1ncc(Oc2ccc(Cl)cc2)c(NCC2CCC2O)n1. The molecule has 0 radical (unpaired) electrons. The summed E-state index contributed by atoms with van der Waals surface area (Å²) in [5.74, 6) is 2.02. The Morgan fingerprint density at radius 2 is 2.09 bits per heavy atom. The molecule has 4 N–H and O–H groups in total. The second-order valence-corrected chi connectivity index (χ2v) is 5.72. The fraction of sp³-hybridized carbons (Fsp3) is 0.333. The zero-order valence-electron chi connectivity index (χ0n) is 11.9. The third kappa shape index (κ3) is 3.40. The molecule has 116 valence electrons. The molecular weight excluding hydrogens is 304 g/mol. The van der Waals surface area contributed by atoms with E-state index in [0.717, 1.165) is 12.8 Å². The largest absolute Gasteiger partial charge is 0.452 e. The van der Waals surface area contributed by atoms with E-state index in [4.69, 9.17) is 22.1 Å². The van der Waals surface area contributed by atoms with Crippen molar-refractivity contribution >= 4 is 23.4 Å². The lowest BCUT2D eigenvalue weighted by Crippen LogP contribution is -2.36. The summed E-state index contributed by atoms with van der Waals surface area (Å²) in [6, 6.07) is 7.01. The summed E-state index contributed by atoms with van der Waals surface area (Å²) in [6.45, 7) is 0.620. The second-order valence-electron chi connectivity index (χ2n) is 5.28. The molecule has 1 aromatic heterocycles. The molecule has 1 aliphatic carbocycles. The lowest BCUT2D eigenvalue weighted by molar-refractivity contribution is 0.0314. The molecule has 2 atom stereocenters. The van der Waals surface area contributed by atoms with Gasteiger partial charge in [-0.25, -0.2) is 4.98 Å². The van der Waals surface area contributed by atoms with Crippen molar-refractivity contribution in [3.8, 4) is 11.5 Å². The maximum Gasteiger partial charge on any atom is 0.222 e. The van der Waals surface area contributed by atoms with Gasteiger partial charge >= 0.3 is 0 Å². The highest BCUT2D eigenvalue weighted by atomic mass is 35.5. The first-order valence-electron chi connectivity index (χ1n) is 7.09. The van der Waals surface area contributed by atoms with E-state index in [1.807, 2.05) is 0 Å². The van der Waals surface area contributed by atoms with Gasteiger partial charge in [0.15, 0.2) is 11.6 Å². The van der Waals surface area contributed by atoms with Gasteiger partial charge < -0.3 is 20.9 Å². The van der Waals surface area contributed by atoms with Gasteiger partial charge in [0.25, 0.3) is 0 Å². The van der Waals surface area contributed by atoms with E-state index in [-0.39, 0.29) is 18.0 Å². The summed E-state index contributed by atoms with van der Waals surface area (Å²) in [5.41, 5.74) is 5.64. The molecule has 0 amide bonds. The summed E-state index contributed by atoms with van der Waals surface area (Å²) in [7, 11) is 0. The number of anilines is 2. The Morgan fingerprint density at radius 3 is 2.73 bits per heavy atom. The first kappa shape index (κ1) is 14.9. The number of aliphatic hydroxyl groups excluding tert-OH is 1. The number of nitrogens with two attached hydrogens (primary N) is 1. The van der Waals surface area contributed by atoms with Crippen LogP contribution in [0, 0.1) is 5.92 Å². The molecule has 0 bridgehead atoms. The minimum Gasteiger partial charge on any atom is -0.452 e. The minimum atomic E-state index is -0.243. The fourth-order valence-corrected chi connectivity index (χ4v) is 2.36. The molecule has 2 unspecified atom stereocenters. The zero-order chi connectivity index (χ0) is 15.5. The van der Waals surface area contributed by atoms with Gasteiger partial charge in [-0.1, -0.05) is 11.6 Å². The topological polar surface area (TPSA) is 93.3 Å². The van der Waals surface area contributed by atoms with Crippen molar-refractivity contribution < 1.29 is 9.84 Å². The Labute approximate surface area is 133 Å². The second kappa shape index (κ2) is 6.37. The first-order chi connectivity index (χ1) is 10.6. The zero-order valence-corrected chi connectivity index (χ0v) is 12.6. The van der Waals surface area contributed by atoms with Crippen LogP contribution in [-0.2, 0) is 0 Å². The highest BCUT2D eigenvalue weighted by molar-refractivity contribution is 6.30.